The van der Waals surface area contributed by atoms with Gasteiger partial charge in [-0.25, -0.2) is 4.39 Å². The molecule has 0 aliphatic carbocycles. The molecule has 0 radical (unpaired) electrons. The summed E-state index contributed by atoms with van der Waals surface area (Å²) in [6, 6.07) is 22.6. The molecule has 190 valence electrons. The van der Waals surface area contributed by atoms with Gasteiger partial charge in [-0.05, 0) is 111 Å². The number of likely N-dealkylation sites (tertiary alicyclic amines) is 1. The van der Waals surface area contributed by atoms with Crippen molar-refractivity contribution in [2.24, 2.45) is 5.92 Å². The van der Waals surface area contributed by atoms with Crippen molar-refractivity contribution in [3.63, 3.8) is 0 Å². The third-order valence-electron chi connectivity index (χ3n) is 7.31. The van der Waals surface area contributed by atoms with Gasteiger partial charge in [0.2, 0.25) is 0 Å². The van der Waals surface area contributed by atoms with Crippen LogP contribution < -0.4 is 9.47 Å². The number of nitrogens with zero attached hydrogens (tertiary/aromatic N) is 1. The highest BCUT2D eigenvalue weighted by Gasteiger charge is 2.26. The Balaban J connectivity index is 1.34. The number of ether oxygens (including phenoxy) is 2. The van der Waals surface area contributed by atoms with E-state index in [1.807, 2.05) is 24.3 Å². The number of carbonyl (C=O) groups excluding carboxylic acids is 1. The molecule has 1 aliphatic rings. The molecule has 1 fully saturated rings. The number of piperidine rings is 1. The van der Waals surface area contributed by atoms with E-state index in [4.69, 9.17) is 9.47 Å². The molecule has 4 nitrogen and oxygen atoms in total. The molecular weight excluding hydrogens is 453 g/mol. The Bertz CT molecular complexity index is 1120. The maximum Gasteiger partial charge on any atom is 0.166 e. The van der Waals surface area contributed by atoms with E-state index < -0.39 is 0 Å². The number of carbonyl (C=O) groups is 1. The number of ketones is 1. The van der Waals surface area contributed by atoms with Crippen molar-refractivity contribution in [3.05, 3.63) is 95.3 Å². The Hall–Kier alpha value is -3.18. The molecule has 36 heavy (non-hydrogen) atoms. The Kier molecular flexibility index (Phi) is 9.12. The van der Waals surface area contributed by atoms with Crippen molar-refractivity contribution in [3.8, 4) is 11.5 Å². The quantitative estimate of drug-likeness (QED) is 0.287. The van der Waals surface area contributed by atoms with E-state index in [1.165, 1.54) is 23.3 Å². The predicted octanol–water partition coefficient (Wildman–Crippen LogP) is 6.54. The normalized spacial score (nSPS) is 15.4. The number of halogens is 1. The molecule has 5 heteroatoms. The number of hydrogen-bond donors (Lipinski definition) is 0. The van der Waals surface area contributed by atoms with Crippen LogP contribution >= 0.6 is 0 Å². The molecule has 0 saturated carbocycles. The second kappa shape index (κ2) is 12.7. The lowest BCUT2D eigenvalue weighted by molar-refractivity contribution is 0.0838. The molecule has 4 rings (SSSR count). The number of benzene rings is 3. The van der Waals surface area contributed by atoms with Gasteiger partial charge in [-0.2, -0.15) is 0 Å². The minimum absolute atomic E-state index is 0.0288. The summed E-state index contributed by atoms with van der Waals surface area (Å²) in [5, 5.41) is 0. The van der Waals surface area contributed by atoms with E-state index in [0.717, 1.165) is 63.2 Å². The summed E-state index contributed by atoms with van der Waals surface area (Å²) in [6.45, 7) is 2.86. The van der Waals surface area contributed by atoms with Crippen LogP contribution in [0.5, 0.6) is 11.5 Å². The fraction of sp³-hybridized carbons (Fsp3) is 0.387. The van der Waals surface area contributed by atoms with Crippen molar-refractivity contribution < 1.29 is 18.7 Å². The summed E-state index contributed by atoms with van der Waals surface area (Å²) < 4.78 is 24.3. The van der Waals surface area contributed by atoms with Gasteiger partial charge in [-0.15, -0.1) is 0 Å². The van der Waals surface area contributed by atoms with Crippen LogP contribution in [0.3, 0.4) is 0 Å². The van der Waals surface area contributed by atoms with Gasteiger partial charge in [-0.3, -0.25) is 4.79 Å². The van der Waals surface area contributed by atoms with Crippen LogP contribution in [0.15, 0.2) is 72.8 Å². The van der Waals surface area contributed by atoms with Gasteiger partial charge >= 0.3 is 0 Å². The number of methoxy groups -OCH3 is 2. The van der Waals surface area contributed by atoms with Gasteiger partial charge in [0.15, 0.2) is 5.78 Å². The van der Waals surface area contributed by atoms with E-state index in [1.54, 1.807) is 26.4 Å². The number of rotatable bonds is 11. The van der Waals surface area contributed by atoms with Gasteiger partial charge in [0.1, 0.15) is 17.3 Å². The lowest BCUT2D eigenvalue weighted by Gasteiger charge is -2.31. The molecule has 0 spiro atoms. The van der Waals surface area contributed by atoms with E-state index in [2.05, 4.69) is 29.2 Å². The molecule has 1 aliphatic heterocycles. The van der Waals surface area contributed by atoms with E-state index >= 15 is 0 Å². The molecule has 0 amide bonds. The van der Waals surface area contributed by atoms with Crippen molar-refractivity contribution >= 4 is 5.78 Å². The van der Waals surface area contributed by atoms with Gasteiger partial charge in [-0.1, -0.05) is 30.3 Å². The second-order valence-electron chi connectivity index (χ2n) is 9.62. The van der Waals surface area contributed by atoms with Crippen LogP contribution in [-0.2, 0) is 6.42 Å². The first-order valence-corrected chi connectivity index (χ1v) is 12.9. The van der Waals surface area contributed by atoms with Crippen LogP contribution in [0.2, 0.25) is 0 Å². The highest BCUT2D eigenvalue weighted by molar-refractivity contribution is 5.97. The molecule has 1 heterocycles. The Morgan fingerprint density at radius 3 is 2.44 bits per heavy atom. The summed E-state index contributed by atoms with van der Waals surface area (Å²) in [4.78, 5) is 15.3. The zero-order chi connectivity index (χ0) is 25.3. The fourth-order valence-corrected chi connectivity index (χ4v) is 5.29. The summed E-state index contributed by atoms with van der Waals surface area (Å²) in [5.41, 5.74) is 3.11. The first kappa shape index (κ1) is 25.9. The maximum absolute atomic E-state index is 13.2. The third-order valence-corrected chi connectivity index (χ3v) is 7.31. The second-order valence-corrected chi connectivity index (χ2v) is 9.62. The third kappa shape index (κ3) is 6.73. The molecule has 0 aromatic heterocycles. The standard InChI is InChI=1S/C31H36FNO3/c1-35-28-9-5-7-23(22-28)21-26(29-10-3-4-11-30(29)36-2)8-6-18-33-19-16-25(17-20-33)31(34)24-12-14-27(32)15-13-24/h3-5,7,9-15,22,25-26H,6,8,16-21H2,1-2H3. The van der Waals surface area contributed by atoms with Crippen LogP contribution in [0.25, 0.3) is 0 Å². The fourth-order valence-electron chi connectivity index (χ4n) is 5.29. The highest BCUT2D eigenvalue weighted by atomic mass is 19.1. The zero-order valence-electron chi connectivity index (χ0n) is 21.3. The molecule has 3 aromatic rings. The number of para-hydroxylation sites is 1. The smallest absolute Gasteiger partial charge is 0.166 e. The summed E-state index contributed by atoms with van der Waals surface area (Å²) in [6.07, 6.45) is 4.76. The van der Waals surface area contributed by atoms with Gasteiger partial charge in [0.05, 0.1) is 14.2 Å². The lowest BCUT2D eigenvalue weighted by atomic mass is 9.86. The lowest BCUT2D eigenvalue weighted by Crippen LogP contribution is -2.37. The average Bonchev–Trinajstić information content (AvgIpc) is 2.93. The molecule has 3 aromatic carbocycles. The molecule has 0 N–H and O–H groups in total. The summed E-state index contributed by atoms with van der Waals surface area (Å²) >= 11 is 0. The van der Waals surface area contributed by atoms with Gasteiger partial charge < -0.3 is 14.4 Å². The van der Waals surface area contributed by atoms with Crippen molar-refractivity contribution in [1.82, 2.24) is 4.90 Å². The van der Waals surface area contributed by atoms with E-state index in [0.29, 0.717) is 11.5 Å². The van der Waals surface area contributed by atoms with Gasteiger partial charge in [0, 0.05) is 11.5 Å². The first-order chi connectivity index (χ1) is 17.6. The van der Waals surface area contributed by atoms with Crippen LogP contribution in [0.1, 0.15) is 53.1 Å². The number of hydrogen-bond acceptors (Lipinski definition) is 4. The van der Waals surface area contributed by atoms with E-state index in [9.17, 15) is 9.18 Å². The molecular formula is C31H36FNO3. The SMILES string of the molecule is COc1cccc(CC(CCCN2CCC(C(=O)c3ccc(F)cc3)CC2)c2ccccc2OC)c1. The topological polar surface area (TPSA) is 38.8 Å². The first-order valence-electron chi connectivity index (χ1n) is 12.9. The molecule has 1 unspecified atom stereocenters. The van der Waals surface area contributed by atoms with Crippen LogP contribution in [0.4, 0.5) is 4.39 Å². The molecule has 1 saturated heterocycles. The predicted molar refractivity (Wildman–Crippen MR) is 142 cm³/mol. The largest absolute Gasteiger partial charge is 0.497 e. The monoisotopic (exact) mass is 489 g/mol. The highest BCUT2D eigenvalue weighted by Crippen LogP contribution is 2.33. The Morgan fingerprint density at radius 2 is 1.72 bits per heavy atom. The van der Waals surface area contributed by atoms with Crippen molar-refractivity contribution in [2.45, 2.75) is 38.0 Å². The average molecular weight is 490 g/mol. The molecule has 0 bridgehead atoms. The zero-order valence-corrected chi connectivity index (χ0v) is 21.3. The minimum atomic E-state index is -0.306. The number of Topliss-reactive ketones (excluding diaryl/α,β-unsaturated/α-hetero) is 1. The van der Waals surface area contributed by atoms with Gasteiger partial charge in [0.25, 0.3) is 0 Å². The van der Waals surface area contributed by atoms with Crippen LogP contribution in [-0.4, -0.2) is 44.5 Å². The maximum atomic E-state index is 13.2. The summed E-state index contributed by atoms with van der Waals surface area (Å²) in [5.74, 6) is 2.02. The van der Waals surface area contributed by atoms with Crippen LogP contribution in [0, 0.1) is 11.7 Å². The van der Waals surface area contributed by atoms with Crippen molar-refractivity contribution in [1.29, 1.82) is 0 Å². The molecule has 1 atom stereocenters. The minimum Gasteiger partial charge on any atom is -0.497 e. The van der Waals surface area contributed by atoms with E-state index in [-0.39, 0.29) is 17.5 Å². The summed E-state index contributed by atoms with van der Waals surface area (Å²) in [7, 11) is 3.44. The Morgan fingerprint density at radius 1 is 0.972 bits per heavy atom. The Labute approximate surface area is 214 Å². The van der Waals surface area contributed by atoms with Crippen molar-refractivity contribution in [2.75, 3.05) is 33.9 Å².